The van der Waals surface area contributed by atoms with Crippen LogP contribution in [-0.4, -0.2) is 23.8 Å². The SMILES string of the molecule is COc1ccccc1Cc1noc(C(C)CCN)n1. The monoisotopic (exact) mass is 261 g/mol. The summed E-state index contributed by atoms with van der Waals surface area (Å²) in [6.45, 7) is 2.65. The van der Waals surface area contributed by atoms with Gasteiger partial charge in [0.15, 0.2) is 5.82 Å². The molecule has 0 bridgehead atoms. The molecule has 1 aromatic heterocycles. The van der Waals surface area contributed by atoms with Crippen molar-refractivity contribution in [2.75, 3.05) is 13.7 Å². The van der Waals surface area contributed by atoms with Gasteiger partial charge >= 0.3 is 0 Å². The molecule has 2 aromatic rings. The van der Waals surface area contributed by atoms with Crippen LogP contribution in [0.3, 0.4) is 0 Å². The molecule has 2 rings (SSSR count). The predicted molar refractivity (Wildman–Crippen MR) is 72.2 cm³/mol. The number of aromatic nitrogens is 2. The van der Waals surface area contributed by atoms with Gasteiger partial charge in [0.1, 0.15) is 5.75 Å². The highest BCUT2D eigenvalue weighted by atomic mass is 16.5. The minimum Gasteiger partial charge on any atom is -0.496 e. The van der Waals surface area contributed by atoms with Crippen molar-refractivity contribution in [3.8, 4) is 5.75 Å². The minimum absolute atomic E-state index is 0.198. The van der Waals surface area contributed by atoms with Crippen LogP contribution >= 0.6 is 0 Å². The lowest BCUT2D eigenvalue weighted by Crippen LogP contribution is -2.05. The Morgan fingerprint density at radius 3 is 2.89 bits per heavy atom. The van der Waals surface area contributed by atoms with Crippen LogP contribution in [0.1, 0.15) is 36.5 Å². The molecule has 1 aromatic carbocycles. The summed E-state index contributed by atoms with van der Waals surface area (Å²) in [7, 11) is 1.66. The van der Waals surface area contributed by atoms with Gasteiger partial charge in [-0.05, 0) is 19.0 Å². The van der Waals surface area contributed by atoms with Gasteiger partial charge in [-0.1, -0.05) is 30.3 Å². The lowest BCUT2D eigenvalue weighted by molar-refractivity contribution is 0.351. The van der Waals surface area contributed by atoms with E-state index in [0.717, 1.165) is 17.7 Å². The van der Waals surface area contributed by atoms with Crippen molar-refractivity contribution >= 4 is 0 Å². The Hall–Kier alpha value is -1.88. The maximum atomic E-state index is 5.53. The number of nitrogens with zero attached hydrogens (tertiary/aromatic N) is 2. The van der Waals surface area contributed by atoms with E-state index in [1.807, 2.05) is 31.2 Å². The number of hydrogen-bond donors (Lipinski definition) is 1. The predicted octanol–water partition coefficient (Wildman–Crippen LogP) is 2.12. The van der Waals surface area contributed by atoms with E-state index in [-0.39, 0.29) is 5.92 Å². The molecule has 102 valence electrons. The summed E-state index contributed by atoms with van der Waals surface area (Å²) in [6.07, 6.45) is 1.44. The zero-order valence-electron chi connectivity index (χ0n) is 11.3. The van der Waals surface area contributed by atoms with E-state index >= 15 is 0 Å². The van der Waals surface area contributed by atoms with Crippen LogP contribution in [0.15, 0.2) is 28.8 Å². The third kappa shape index (κ3) is 3.32. The molecule has 0 aliphatic carbocycles. The van der Waals surface area contributed by atoms with E-state index in [4.69, 9.17) is 15.0 Å². The first-order chi connectivity index (χ1) is 9.24. The van der Waals surface area contributed by atoms with Crippen molar-refractivity contribution in [2.45, 2.75) is 25.7 Å². The van der Waals surface area contributed by atoms with E-state index in [1.165, 1.54) is 0 Å². The van der Waals surface area contributed by atoms with E-state index in [2.05, 4.69) is 10.1 Å². The fourth-order valence-corrected chi connectivity index (χ4v) is 1.93. The van der Waals surface area contributed by atoms with Gasteiger partial charge in [0.05, 0.1) is 7.11 Å². The molecule has 1 heterocycles. The normalized spacial score (nSPS) is 12.4. The quantitative estimate of drug-likeness (QED) is 0.862. The number of nitrogens with two attached hydrogens (primary N) is 1. The second-order valence-electron chi connectivity index (χ2n) is 4.52. The molecule has 0 fully saturated rings. The highest BCUT2D eigenvalue weighted by Crippen LogP contribution is 2.21. The first kappa shape index (κ1) is 13.5. The molecule has 1 atom stereocenters. The van der Waals surface area contributed by atoms with Crippen molar-refractivity contribution in [1.82, 2.24) is 10.1 Å². The Kier molecular flexibility index (Phi) is 4.52. The zero-order chi connectivity index (χ0) is 13.7. The lowest BCUT2D eigenvalue weighted by atomic mass is 10.1. The second-order valence-corrected chi connectivity index (χ2v) is 4.52. The summed E-state index contributed by atoms with van der Waals surface area (Å²) in [6, 6.07) is 7.83. The van der Waals surface area contributed by atoms with Crippen LogP contribution in [0.5, 0.6) is 5.75 Å². The van der Waals surface area contributed by atoms with Crippen LogP contribution in [-0.2, 0) is 6.42 Å². The smallest absolute Gasteiger partial charge is 0.229 e. The molecule has 0 aliphatic rings. The summed E-state index contributed by atoms with van der Waals surface area (Å²) < 4.78 is 10.6. The van der Waals surface area contributed by atoms with Crippen LogP contribution < -0.4 is 10.5 Å². The van der Waals surface area contributed by atoms with E-state index in [9.17, 15) is 0 Å². The van der Waals surface area contributed by atoms with Gasteiger partial charge < -0.3 is 15.0 Å². The molecule has 1 unspecified atom stereocenters. The largest absolute Gasteiger partial charge is 0.496 e. The van der Waals surface area contributed by atoms with Crippen molar-refractivity contribution in [2.24, 2.45) is 5.73 Å². The number of benzene rings is 1. The summed E-state index contributed by atoms with van der Waals surface area (Å²) in [4.78, 5) is 4.41. The van der Waals surface area contributed by atoms with Crippen LogP contribution in [0.4, 0.5) is 0 Å². The Balaban J connectivity index is 2.11. The molecule has 0 spiro atoms. The van der Waals surface area contributed by atoms with Crippen LogP contribution in [0.25, 0.3) is 0 Å². The van der Waals surface area contributed by atoms with Crippen molar-refractivity contribution in [1.29, 1.82) is 0 Å². The van der Waals surface area contributed by atoms with E-state index in [0.29, 0.717) is 24.7 Å². The molecular weight excluding hydrogens is 242 g/mol. The average molecular weight is 261 g/mol. The summed E-state index contributed by atoms with van der Waals surface area (Å²) in [5.74, 6) is 2.35. The number of methoxy groups -OCH3 is 1. The Labute approximate surface area is 112 Å². The van der Waals surface area contributed by atoms with Crippen molar-refractivity contribution < 1.29 is 9.26 Å². The minimum atomic E-state index is 0.198. The van der Waals surface area contributed by atoms with Gasteiger partial charge in [0.25, 0.3) is 0 Å². The van der Waals surface area contributed by atoms with Gasteiger partial charge in [-0.3, -0.25) is 0 Å². The number of para-hydroxylation sites is 1. The fraction of sp³-hybridized carbons (Fsp3) is 0.429. The first-order valence-electron chi connectivity index (χ1n) is 6.39. The zero-order valence-corrected chi connectivity index (χ0v) is 11.3. The molecule has 0 saturated carbocycles. The molecule has 0 amide bonds. The second kappa shape index (κ2) is 6.33. The highest BCUT2D eigenvalue weighted by molar-refractivity contribution is 5.35. The summed E-state index contributed by atoms with van der Waals surface area (Å²) in [5.41, 5.74) is 6.57. The lowest BCUT2D eigenvalue weighted by Gasteiger charge is -2.05. The van der Waals surface area contributed by atoms with Crippen molar-refractivity contribution in [3.05, 3.63) is 41.5 Å². The average Bonchev–Trinajstić information content (AvgIpc) is 2.88. The maximum Gasteiger partial charge on any atom is 0.229 e. The molecule has 5 nitrogen and oxygen atoms in total. The standard InChI is InChI=1S/C14H19N3O2/c1-10(7-8-15)14-16-13(17-19-14)9-11-5-3-4-6-12(11)18-2/h3-6,10H,7-9,15H2,1-2H3. The fourth-order valence-electron chi connectivity index (χ4n) is 1.93. The van der Waals surface area contributed by atoms with Gasteiger partial charge in [0, 0.05) is 17.9 Å². The molecular formula is C14H19N3O2. The van der Waals surface area contributed by atoms with Crippen LogP contribution in [0.2, 0.25) is 0 Å². The third-order valence-electron chi connectivity index (χ3n) is 3.05. The van der Waals surface area contributed by atoms with Gasteiger partial charge in [-0.2, -0.15) is 4.98 Å². The molecule has 0 aliphatic heterocycles. The van der Waals surface area contributed by atoms with Crippen molar-refractivity contribution in [3.63, 3.8) is 0 Å². The molecule has 0 radical (unpaired) electrons. The third-order valence-corrected chi connectivity index (χ3v) is 3.05. The molecule has 19 heavy (non-hydrogen) atoms. The first-order valence-corrected chi connectivity index (χ1v) is 6.39. The summed E-state index contributed by atoms with van der Waals surface area (Å²) >= 11 is 0. The van der Waals surface area contributed by atoms with Gasteiger partial charge in [-0.25, -0.2) is 0 Å². The number of rotatable bonds is 6. The number of hydrogen-bond acceptors (Lipinski definition) is 5. The van der Waals surface area contributed by atoms with E-state index in [1.54, 1.807) is 7.11 Å². The van der Waals surface area contributed by atoms with Crippen LogP contribution in [0, 0.1) is 0 Å². The van der Waals surface area contributed by atoms with E-state index < -0.39 is 0 Å². The molecule has 5 heteroatoms. The number of ether oxygens (including phenoxy) is 1. The summed E-state index contributed by atoms with van der Waals surface area (Å²) in [5, 5.41) is 4.01. The Morgan fingerprint density at radius 1 is 1.37 bits per heavy atom. The Bertz CT molecular complexity index is 525. The molecule has 0 saturated heterocycles. The highest BCUT2D eigenvalue weighted by Gasteiger charge is 2.14. The maximum absolute atomic E-state index is 5.53. The van der Waals surface area contributed by atoms with Gasteiger partial charge in [0.2, 0.25) is 5.89 Å². The molecule has 2 N–H and O–H groups in total. The van der Waals surface area contributed by atoms with Gasteiger partial charge in [-0.15, -0.1) is 0 Å². The topological polar surface area (TPSA) is 74.2 Å². The Morgan fingerprint density at radius 2 is 2.16 bits per heavy atom.